The van der Waals surface area contributed by atoms with E-state index in [0.717, 1.165) is 5.56 Å². The first kappa shape index (κ1) is 12.5. The van der Waals surface area contributed by atoms with E-state index in [0.29, 0.717) is 20.1 Å². The number of halogens is 2. The molecule has 0 aromatic heterocycles. The lowest BCUT2D eigenvalue weighted by atomic mass is 10.2. The maximum absolute atomic E-state index is 11.6. The first-order valence-corrected chi connectivity index (χ1v) is 6.30. The van der Waals surface area contributed by atoms with Crippen LogP contribution in [0.1, 0.15) is 5.56 Å². The molecule has 0 bridgehead atoms. The lowest BCUT2D eigenvalue weighted by Gasteiger charge is -1.98. The molecular weight excluding hydrogens is 279 g/mol. The molecular formula is C11H8Cl2N2OS. The highest BCUT2D eigenvalue weighted by Crippen LogP contribution is 2.28. The molecule has 1 aliphatic heterocycles. The number of aliphatic imine (C=N–C) groups is 1. The monoisotopic (exact) mass is 286 g/mol. The molecule has 1 aromatic carbocycles. The van der Waals surface area contributed by atoms with E-state index in [1.54, 1.807) is 31.3 Å². The fourth-order valence-corrected chi connectivity index (χ4v) is 2.37. The number of carbonyl (C=O) groups excluding carboxylic acids is 1. The van der Waals surface area contributed by atoms with Gasteiger partial charge in [0.15, 0.2) is 5.17 Å². The number of nitrogens with one attached hydrogen (secondary N) is 1. The number of carbonyl (C=O) groups is 1. The summed E-state index contributed by atoms with van der Waals surface area (Å²) in [4.78, 5) is 16.1. The van der Waals surface area contributed by atoms with E-state index in [4.69, 9.17) is 23.2 Å². The van der Waals surface area contributed by atoms with E-state index in [-0.39, 0.29) is 5.91 Å². The van der Waals surface area contributed by atoms with Crippen LogP contribution >= 0.6 is 35.0 Å². The van der Waals surface area contributed by atoms with Crippen molar-refractivity contribution < 1.29 is 4.79 Å². The zero-order valence-corrected chi connectivity index (χ0v) is 11.2. The van der Waals surface area contributed by atoms with Gasteiger partial charge in [-0.1, -0.05) is 29.3 Å². The average molecular weight is 287 g/mol. The minimum Gasteiger partial charge on any atom is -0.301 e. The van der Waals surface area contributed by atoms with Crippen LogP contribution in [-0.4, -0.2) is 18.1 Å². The van der Waals surface area contributed by atoms with Crippen molar-refractivity contribution in [3.8, 4) is 0 Å². The Bertz CT molecular complexity index is 540. The fraction of sp³-hybridized carbons (Fsp3) is 0.0909. The maximum Gasteiger partial charge on any atom is 0.264 e. The van der Waals surface area contributed by atoms with Crippen molar-refractivity contribution in [2.24, 2.45) is 4.99 Å². The molecule has 88 valence electrons. The molecule has 1 aliphatic rings. The predicted molar refractivity (Wildman–Crippen MR) is 73.5 cm³/mol. The zero-order valence-electron chi connectivity index (χ0n) is 8.83. The standard InChI is InChI=1S/C11H8Cl2N2OS/c1-14-11-15-10(16)9(17-11)5-6-2-3-7(12)8(13)4-6/h2-5H,1H3,(H,14,15,16). The van der Waals surface area contributed by atoms with Gasteiger partial charge in [-0.3, -0.25) is 9.79 Å². The van der Waals surface area contributed by atoms with Gasteiger partial charge < -0.3 is 5.32 Å². The summed E-state index contributed by atoms with van der Waals surface area (Å²) in [5, 5.41) is 4.21. The van der Waals surface area contributed by atoms with Crippen molar-refractivity contribution in [3.05, 3.63) is 38.7 Å². The van der Waals surface area contributed by atoms with Gasteiger partial charge in [0.25, 0.3) is 5.91 Å². The van der Waals surface area contributed by atoms with Crippen LogP contribution in [0, 0.1) is 0 Å². The molecule has 0 unspecified atom stereocenters. The molecule has 1 saturated heterocycles. The zero-order chi connectivity index (χ0) is 12.4. The van der Waals surface area contributed by atoms with Crippen LogP contribution in [0.15, 0.2) is 28.1 Å². The van der Waals surface area contributed by atoms with Crippen LogP contribution in [0.25, 0.3) is 6.08 Å². The lowest BCUT2D eigenvalue weighted by Crippen LogP contribution is -2.19. The van der Waals surface area contributed by atoms with Crippen LogP contribution < -0.4 is 5.32 Å². The summed E-state index contributed by atoms with van der Waals surface area (Å²) in [6, 6.07) is 5.21. The summed E-state index contributed by atoms with van der Waals surface area (Å²) in [6.45, 7) is 0. The maximum atomic E-state index is 11.6. The number of thioether (sulfide) groups is 1. The van der Waals surface area contributed by atoms with Gasteiger partial charge in [0.1, 0.15) is 0 Å². The van der Waals surface area contributed by atoms with Crippen molar-refractivity contribution in [3.63, 3.8) is 0 Å². The summed E-state index contributed by atoms with van der Waals surface area (Å²) in [7, 11) is 1.63. The Morgan fingerprint density at radius 1 is 1.35 bits per heavy atom. The number of hydrogen-bond donors (Lipinski definition) is 1. The first-order chi connectivity index (χ1) is 8.10. The van der Waals surface area contributed by atoms with E-state index < -0.39 is 0 Å². The number of amides is 1. The van der Waals surface area contributed by atoms with Crippen molar-refractivity contribution in [2.75, 3.05) is 7.05 Å². The van der Waals surface area contributed by atoms with Gasteiger partial charge >= 0.3 is 0 Å². The molecule has 0 atom stereocenters. The van der Waals surface area contributed by atoms with Gasteiger partial charge in [-0.05, 0) is 35.5 Å². The van der Waals surface area contributed by atoms with Gasteiger partial charge in [-0.15, -0.1) is 0 Å². The molecule has 6 heteroatoms. The summed E-state index contributed by atoms with van der Waals surface area (Å²) in [6.07, 6.45) is 1.75. The molecule has 0 saturated carbocycles. The Hall–Kier alpha value is -0.970. The molecule has 3 nitrogen and oxygen atoms in total. The average Bonchev–Trinajstić information content (AvgIpc) is 2.65. The summed E-state index contributed by atoms with van der Waals surface area (Å²) < 4.78 is 0. The van der Waals surface area contributed by atoms with Crippen molar-refractivity contribution in [1.82, 2.24) is 5.32 Å². The minimum absolute atomic E-state index is 0.151. The SMILES string of the molecule is CN=C1NC(=O)C(=Cc2ccc(Cl)c(Cl)c2)S1. The Kier molecular flexibility index (Phi) is 3.76. The van der Waals surface area contributed by atoms with Gasteiger partial charge in [0.2, 0.25) is 0 Å². The van der Waals surface area contributed by atoms with Crippen LogP contribution in [0.2, 0.25) is 10.0 Å². The number of benzene rings is 1. The van der Waals surface area contributed by atoms with Gasteiger partial charge in [0.05, 0.1) is 15.0 Å². The molecule has 17 heavy (non-hydrogen) atoms. The molecule has 1 fully saturated rings. The van der Waals surface area contributed by atoms with E-state index in [1.165, 1.54) is 11.8 Å². The van der Waals surface area contributed by atoms with Gasteiger partial charge in [0, 0.05) is 7.05 Å². The second-order valence-corrected chi connectivity index (χ2v) is 5.11. The van der Waals surface area contributed by atoms with Crippen molar-refractivity contribution in [2.45, 2.75) is 0 Å². The van der Waals surface area contributed by atoms with E-state index in [1.807, 2.05) is 0 Å². The molecule has 0 aliphatic carbocycles. The predicted octanol–water partition coefficient (Wildman–Crippen LogP) is 3.18. The van der Waals surface area contributed by atoms with Crippen LogP contribution in [0.4, 0.5) is 0 Å². The molecule has 0 radical (unpaired) electrons. The molecule has 1 amide bonds. The summed E-state index contributed by atoms with van der Waals surface area (Å²) in [5.74, 6) is -0.151. The quantitative estimate of drug-likeness (QED) is 0.806. The number of hydrogen-bond acceptors (Lipinski definition) is 3. The third-order valence-electron chi connectivity index (χ3n) is 2.10. The minimum atomic E-state index is -0.151. The Balaban J connectivity index is 2.30. The Morgan fingerprint density at radius 3 is 2.71 bits per heavy atom. The van der Waals surface area contributed by atoms with Crippen LogP contribution in [-0.2, 0) is 4.79 Å². The molecule has 0 spiro atoms. The van der Waals surface area contributed by atoms with E-state index in [2.05, 4.69) is 10.3 Å². The summed E-state index contributed by atoms with van der Waals surface area (Å²) >= 11 is 13.0. The second-order valence-electron chi connectivity index (χ2n) is 3.27. The largest absolute Gasteiger partial charge is 0.301 e. The lowest BCUT2D eigenvalue weighted by molar-refractivity contribution is -0.115. The normalized spacial score (nSPS) is 20.1. The van der Waals surface area contributed by atoms with Crippen LogP contribution in [0.5, 0.6) is 0 Å². The highest BCUT2D eigenvalue weighted by atomic mass is 35.5. The van der Waals surface area contributed by atoms with E-state index in [9.17, 15) is 4.79 Å². The third-order valence-corrected chi connectivity index (χ3v) is 3.84. The number of amidine groups is 1. The first-order valence-electron chi connectivity index (χ1n) is 4.73. The molecule has 1 N–H and O–H groups in total. The molecule has 1 aromatic rings. The van der Waals surface area contributed by atoms with Crippen LogP contribution in [0.3, 0.4) is 0 Å². The fourth-order valence-electron chi connectivity index (χ4n) is 1.28. The van der Waals surface area contributed by atoms with Crippen molar-refractivity contribution >= 4 is 52.1 Å². The van der Waals surface area contributed by atoms with Gasteiger partial charge in [-0.2, -0.15) is 0 Å². The Morgan fingerprint density at radius 2 is 2.12 bits per heavy atom. The Labute approximate surface area is 113 Å². The summed E-state index contributed by atoms with van der Waals surface area (Å²) in [5.41, 5.74) is 0.828. The molecule has 1 heterocycles. The number of rotatable bonds is 1. The topological polar surface area (TPSA) is 41.5 Å². The highest BCUT2D eigenvalue weighted by Gasteiger charge is 2.22. The highest BCUT2D eigenvalue weighted by molar-refractivity contribution is 8.18. The number of nitrogens with zero attached hydrogens (tertiary/aromatic N) is 1. The van der Waals surface area contributed by atoms with Crippen molar-refractivity contribution in [1.29, 1.82) is 0 Å². The molecule has 2 rings (SSSR count). The van der Waals surface area contributed by atoms with Gasteiger partial charge in [-0.25, -0.2) is 0 Å². The smallest absolute Gasteiger partial charge is 0.264 e. The van der Waals surface area contributed by atoms with E-state index >= 15 is 0 Å². The second kappa shape index (κ2) is 5.12. The third kappa shape index (κ3) is 2.83.